The molecule has 1 fully saturated rings. The van der Waals surface area contributed by atoms with Gasteiger partial charge < -0.3 is 5.73 Å². The van der Waals surface area contributed by atoms with E-state index in [9.17, 15) is 4.79 Å². The fourth-order valence-corrected chi connectivity index (χ4v) is 2.34. The molecule has 94 valence electrons. The predicted molar refractivity (Wildman–Crippen MR) is 67.1 cm³/mol. The van der Waals surface area contributed by atoms with Crippen molar-refractivity contribution in [2.75, 3.05) is 5.73 Å². The Morgan fingerprint density at radius 2 is 2.28 bits per heavy atom. The number of hydrogen-bond acceptors (Lipinski definition) is 4. The lowest BCUT2D eigenvalue weighted by molar-refractivity contribution is 0.406. The molecule has 1 aromatic carbocycles. The Kier molecular flexibility index (Phi) is 2.26. The molecule has 1 aliphatic rings. The number of rotatable bonds is 3. The van der Waals surface area contributed by atoms with E-state index in [4.69, 9.17) is 5.73 Å². The fraction of sp³-hybridized carbons (Fsp3) is 0.417. The number of tetrazole rings is 1. The summed E-state index contributed by atoms with van der Waals surface area (Å²) in [6, 6.07) is 5.99. The maximum absolute atomic E-state index is 11.6. The number of anilines is 1. The van der Waals surface area contributed by atoms with E-state index in [0.29, 0.717) is 0 Å². The molecule has 0 spiro atoms. The highest BCUT2D eigenvalue weighted by Crippen LogP contribution is 2.44. The van der Waals surface area contributed by atoms with Crippen LogP contribution in [0.3, 0.4) is 0 Å². The van der Waals surface area contributed by atoms with Crippen LogP contribution in [0.2, 0.25) is 0 Å². The van der Waals surface area contributed by atoms with E-state index in [2.05, 4.69) is 21.6 Å². The van der Waals surface area contributed by atoms with Crippen molar-refractivity contribution in [3.63, 3.8) is 0 Å². The first kappa shape index (κ1) is 11.0. The number of aryl methyl sites for hydroxylation is 1. The van der Waals surface area contributed by atoms with Gasteiger partial charge in [0.25, 0.3) is 0 Å². The Labute approximate surface area is 104 Å². The molecule has 0 saturated heterocycles. The zero-order chi connectivity index (χ0) is 12.8. The maximum Gasteiger partial charge on any atom is 0.361 e. The third-order valence-electron chi connectivity index (χ3n) is 3.62. The zero-order valence-corrected chi connectivity index (χ0v) is 10.2. The lowest BCUT2D eigenvalue weighted by atomic mass is 10.0. The number of H-pyrrole nitrogens is 1. The Hall–Kier alpha value is -2.11. The van der Waals surface area contributed by atoms with Crippen LogP contribution in [-0.2, 0) is 12.0 Å². The van der Waals surface area contributed by atoms with Gasteiger partial charge in [0, 0.05) is 5.69 Å². The number of nitrogens with two attached hydrogens (primary N) is 1. The average molecular weight is 245 g/mol. The molecular weight excluding hydrogens is 230 g/mol. The van der Waals surface area contributed by atoms with Gasteiger partial charge in [-0.3, -0.25) is 0 Å². The van der Waals surface area contributed by atoms with Gasteiger partial charge in [-0.1, -0.05) is 12.1 Å². The number of nitrogens with zero attached hydrogens (tertiary/aromatic N) is 3. The molecule has 6 heteroatoms. The molecule has 18 heavy (non-hydrogen) atoms. The Bertz CT molecular complexity index is 638. The molecule has 0 bridgehead atoms. The molecule has 6 nitrogen and oxygen atoms in total. The van der Waals surface area contributed by atoms with Gasteiger partial charge in [-0.15, -0.1) is 0 Å². The van der Waals surface area contributed by atoms with Crippen molar-refractivity contribution in [3.8, 4) is 0 Å². The topological polar surface area (TPSA) is 89.6 Å². The fourth-order valence-electron chi connectivity index (χ4n) is 2.34. The summed E-state index contributed by atoms with van der Waals surface area (Å²) in [5.41, 5.74) is 8.41. The molecular formula is C12H15N5O. The van der Waals surface area contributed by atoms with Gasteiger partial charge in [0.2, 0.25) is 0 Å². The minimum atomic E-state index is -0.236. The average Bonchev–Trinajstić information content (AvgIpc) is 2.97. The summed E-state index contributed by atoms with van der Waals surface area (Å²) < 4.78 is 1.47. The SMILES string of the molecule is Cc1cc(CC2(n3nn[nH]c3=O)CC2)ccc1N. The highest BCUT2D eigenvalue weighted by molar-refractivity contribution is 5.48. The molecule has 0 aliphatic heterocycles. The summed E-state index contributed by atoms with van der Waals surface area (Å²) in [5, 5.41) is 9.76. The molecule has 0 amide bonds. The van der Waals surface area contributed by atoms with Crippen molar-refractivity contribution in [1.82, 2.24) is 20.2 Å². The number of aromatic nitrogens is 4. The molecule has 0 unspecified atom stereocenters. The minimum absolute atomic E-state index is 0.188. The first-order valence-corrected chi connectivity index (χ1v) is 5.97. The van der Waals surface area contributed by atoms with Crippen LogP contribution in [0.25, 0.3) is 0 Å². The maximum atomic E-state index is 11.6. The third-order valence-corrected chi connectivity index (χ3v) is 3.62. The van der Waals surface area contributed by atoms with E-state index in [0.717, 1.165) is 30.5 Å². The van der Waals surface area contributed by atoms with Gasteiger partial charge in [0.1, 0.15) is 0 Å². The molecule has 0 radical (unpaired) electrons. The van der Waals surface area contributed by atoms with E-state index in [1.807, 2.05) is 19.1 Å². The molecule has 3 rings (SSSR count). The van der Waals surface area contributed by atoms with Gasteiger partial charge in [-0.25, -0.2) is 9.89 Å². The number of nitrogens with one attached hydrogen (secondary N) is 1. The molecule has 1 saturated carbocycles. The zero-order valence-electron chi connectivity index (χ0n) is 10.2. The van der Waals surface area contributed by atoms with E-state index in [-0.39, 0.29) is 11.2 Å². The second kappa shape index (κ2) is 3.69. The molecule has 1 aliphatic carbocycles. The molecule has 1 heterocycles. The van der Waals surface area contributed by atoms with Crippen LogP contribution in [0.1, 0.15) is 24.0 Å². The quantitative estimate of drug-likeness (QED) is 0.774. The summed E-state index contributed by atoms with van der Waals surface area (Å²) >= 11 is 0. The number of benzene rings is 1. The second-order valence-electron chi connectivity index (χ2n) is 5.01. The normalized spacial score (nSPS) is 16.7. The van der Waals surface area contributed by atoms with Crippen LogP contribution in [-0.4, -0.2) is 20.2 Å². The minimum Gasteiger partial charge on any atom is -0.399 e. The van der Waals surface area contributed by atoms with Gasteiger partial charge in [-0.05, 0) is 53.8 Å². The lowest BCUT2D eigenvalue weighted by Gasteiger charge is -2.14. The van der Waals surface area contributed by atoms with Crippen molar-refractivity contribution in [2.45, 2.75) is 31.7 Å². The summed E-state index contributed by atoms with van der Waals surface area (Å²) in [5.74, 6) is 0. The molecule has 0 atom stereocenters. The molecule has 1 aromatic heterocycles. The molecule has 2 aromatic rings. The van der Waals surface area contributed by atoms with Crippen molar-refractivity contribution >= 4 is 5.69 Å². The lowest BCUT2D eigenvalue weighted by Crippen LogP contribution is -2.31. The predicted octanol–water partition coefficient (Wildman–Crippen LogP) is 0.589. The summed E-state index contributed by atoms with van der Waals surface area (Å²) in [6.07, 6.45) is 2.71. The Balaban J connectivity index is 1.91. The van der Waals surface area contributed by atoms with Crippen LogP contribution >= 0.6 is 0 Å². The summed E-state index contributed by atoms with van der Waals surface area (Å²) in [4.78, 5) is 11.6. The Morgan fingerprint density at radius 3 is 2.83 bits per heavy atom. The van der Waals surface area contributed by atoms with Crippen molar-refractivity contribution < 1.29 is 0 Å². The summed E-state index contributed by atoms with van der Waals surface area (Å²) in [7, 11) is 0. The van der Waals surface area contributed by atoms with Gasteiger partial charge >= 0.3 is 5.69 Å². The van der Waals surface area contributed by atoms with E-state index in [1.54, 1.807) is 0 Å². The smallest absolute Gasteiger partial charge is 0.361 e. The number of hydrogen-bond donors (Lipinski definition) is 2. The molecule has 3 N–H and O–H groups in total. The van der Waals surface area contributed by atoms with Crippen molar-refractivity contribution in [3.05, 3.63) is 39.8 Å². The second-order valence-corrected chi connectivity index (χ2v) is 5.01. The van der Waals surface area contributed by atoms with Crippen molar-refractivity contribution in [1.29, 1.82) is 0 Å². The van der Waals surface area contributed by atoms with Crippen LogP contribution in [0.5, 0.6) is 0 Å². The summed E-state index contributed by atoms with van der Waals surface area (Å²) in [6.45, 7) is 1.99. The Morgan fingerprint density at radius 1 is 1.50 bits per heavy atom. The van der Waals surface area contributed by atoms with Gasteiger partial charge in [-0.2, -0.15) is 4.68 Å². The highest BCUT2D eigenvalue weighted by atomic mass is 16.2. The number of aromatic amines is 1. The van der Waals surface area contributed by atoms with Gasteiger partial charge in [0.15, 0.2) is 0 Å². The van der Waals surface area contributed by atoms with Crippen LogP contribution < -0.4 is 11.4 Å². The van der Waals surface area contributed by atoms with E-state index < -0.39 is 0 Å². The van der Waals surface area contributed by atoms with Crippen LogP contribution in [0.4, 0.5) is 5.69 Å². The highest BCUT2D eigenvalue weighted by Gasteiger charge is 2.47. The standard InChI is InChI=1S/C12H15N5O/c1-8-6-9(2-3-10(8)13)7-12(4-5-12)17-11(18)14-15-16-17/h2-3,6H,4-5,7,13H2,1H3,(H,14,16,18). The number of nitrogen functional groups attached to an aromatic ring is 1. The monoisotopic (exact) mass is 245 g/mol. The van der Waals surface area contributed by atoms with E-state index >= 15 is 0 Å². The van der Waals surface area contributed by atoms with Crippen molar-refractivity contribution in [2.24, 2.45) is 0 Å². The van der Waals surface area contributed by atoms with Crippen LogP contribution in [0, 0.1) is 6.92 Å². The van der Waals surface area contributed by atoms with E-state index in [1.165, 1.54) is 10.2 Å². The largest absolute Gasteiger partial charge is 0.399 e. The first-order valence-electron chi connectivity index (χ1n) is 5.97. The van der Waals surface area contributed by atoms with Crippen LogP contribution in [0.15, 0.2) is 23.0 Å². The first-order chi connectivity index (χ1) is 8.61. The third kappa shape index (κ3) is 1.70. The van der Waals surface area contributed by atoms with Gasteiger partial charge in [0.05, 0.1) is 5.54 Å².